The van der Waals surface area contributed by atoms with E-state index in [2.05, 4.69) is 38.1 Å². The van der Waals surface area contributed by atoms with Crippen molar-refractivity contribution in [2.45, 2.75) is 24.7 Å². The van der Waals surface area contributed by atoms with Gasteiger partial charge in [-0.3, -0.25) is 9.59 Å². The van der Waals surface area contributed by atoms with Crippen molar-refractivity contribution < 1.29 is 14.3 Å². The molecule has 0 N–H and O–H groups in total. The van der Waals surface area contributed by atoms with Crippen LogP contribution in [-0.2, 0) is 20.4 Å². The van der Waals surface area contributed by atoms with Crippen LogP contribution in [0.3, 0.4) is 0 Å². The van der Waals surface area contributed by atoms with Gasteiger partial charge in [-0.2, -0.15) is 0 Å². The molecule has 0 spiro atoms. The van der Waals surface area contributed by atoms with Crippen molar-refractivity contribution in [2.24, 2.45) is 11.8 Å². The van der Waals surface area contributed by atoms with Crippen molar-refractivity contribution in [2.75, 3.05) is 12.0 Å². The van der Waals surface area contributed by atoms with Crippen LogP contribution in [-0.4, -0.2) is 18.9 Å². The third-order valence-corrected chi connectivity index (χ3v) is 7.97. The predicted octanol–water partition coefficient (Wildman–Crippen LogP) is 4.44. The monoisotopic (exact) mass is 409 g/mol. The Morgan fingerprint density at radius 1 is 0.677 bits per heavy atom. The van der Waals surface area contributed by atoms with Gasteiger partial charge in [0.05, 0.1) is 24.6 Å². The number of methoxy groups -OCH3 is 1. The molecule has 2 amide bonds. The van der Waals surface area contributed by atoms with Gasteiger partial charge in [0.15, 0.2) is 0 Å². The first kappa shape index (κ1) is 18.4. The summed E-state index contributed by atoms with van der Waals surface area (Å²) in [5.41, 5.74) is 4.15. The van der Waals surface area contributed by atoms with E-state index in [9.17, 15) is 9.59 Å². The van der Waals surface area contributed by atoms with Crippen molar-refractivity contribution in [3.63, 3.8) is 0 Å². The van der Waals surface area contributed by atoms with Crippen molar-refractivity contribution in [1.29, 1.82) is 0 Å². The summed E-state index contributed by atoms with van der Waals surface area (Å²) in [6, 6.07) is 23.8. The number of anilines is 1. The molecule has 1 heterocycles. The van der Waals surface area contributed by atoms with Crippen LogP contribution in [0.15, 0.2) is 72.8 Å². The highest BCUT2D eigenvalue weighted by Crippen LogP contribution is 2.66. The van der Waals surface area contributed by atoms with Crippen LogP contribution in [0.1, 0.15) is 36.1 Å². The standard InChI is InChI=1S/C27H23NO3/c1-26-18-8-4-6-10-20(18)27(2,21-11-7-5-9-19(21)26)23-22(26)24(29)28(25(23)30)16-12-14-17(31-3)15-13-16/h4-15,22-23H,1-3H3. The molecule has 3 aromatic carbocycles. The topological polar surface area (TPSA) is 46.6 Å². The summed E-state index contributed by atoms with van der Waals surface area (Å²) in [7, 11) is 1.60. The predicted molar refractivity (Wildman–Crippen MR) is 118 cm³/mol. The Labute approximate surface area is 181 Å². The zero-order valence-corrected chi connectivity index (χ0v) is 17.8. The number of benzene rings is 3. The smallest absolute Gasteiger partial charge is 0.238 e. The lowest BCUT2D eigenvalue weighted by Crippen LogP contribution is -2.59. The summed E-state index contributed by atoms with van der Waals surface area (Å²) in [4.78, 5) is 29.3. The fraction of sp³-hybridized carbons (Fsp3) is 0.259. The number of carbonyl (C=O) groups excluding carboxylic acids is 2. The van der Waals surface area contributed by atoms with Crippen molar-refractivity contribution >= 4 is 17.5 Å². The minimum atomic E-state index is -0.552. The lowest BCUT2D eigenvalue weighted by molar-refractivity contribution is -0.124. The van der Waals surface area contributed by atoms with Crippen LogP contribution >= 0.6 is 0 Å². The number of amides is 2. The van der Waals surface area contributed by atoms with Gasteiger partial charge >= 0.3 is 0 Å². The van der Waals surface area contributed by atoms with Gasteiger partial charge in [-0.25, -0.2) is 4.90 Å². The zero-order chi connectivity index (χ0) is 21.5. The van der Waals surface area contributed by atoms with E-state index in [0.717, 1.165) is 22.3 Å². The molecule has 0 aromatic heterocycles. The second-order valence-corrected chi connectivity index (χ2v) is 9.16. The Morgan fingerprint density at radius 2 is 1.06 bits per heavy atom. The van der Waals surface area contributed by atoms with Crippen LogP contribution in [0.25, 0.3) is 0 Å². The molecule has 1 fully saturated rings. The molecular formula is C27H23NO3. The summed E-state index contributed by atoms with van der Waals surface area (Å²) in [5.74, 6) is -0.399. The minimum absolute atomic E-state index is 0.113. The van der Waals surface area contributed by atoms with E-state index < -0.39 is 22.7 Å². The molecule has 4 heteroatoms. The van der Waals surface area contributed by atoms with E-state index >= 15 is 0 Å². The maximum atomic E-state index is 13.9. The number of carbonyl (C=O) groups is 2. The molecule has 4 nitrogen and oxygen atoms in total. The normalized spacial score (nSPS) is 30.1. The number of ether oxygens (including phenoxy) is 1. The lowest BCUT2D eigenvalue weighted by atomic mass is 9.42. The Morgan fingerprint density at radius 3 is 1.42 bits per heavy atom. The Kier molecular flexibility index (Phi) is 3.47. The second-order valence-electron chi connectivity index (χ2n) is 9.16. The highest BCUT2D eigenvalue weighted by molar-refractivity contribution is 6.24. The van der Waals surface area contributed by atoms with Crippen molar-refractivity contribution in [3.8, 4) is 5.75 Å². The zero-order valence-electron chi connectivity index (χ0n) is 17.8. The summed E-state index contributed by atoms with van der Waals surface area (Å²) in [6.45, 7) is 4.29. The highest BCUT2D eigenvalue weighted by Gasteiger charge is 2.70. The summed E-state index contributed by atoms with van der Waals surface area (Å²) < 4.78 is 5.25. The van der Waals surface area contributed by atoms with Crippen molar-refractivity contribution in [1.82, 2.24) is 0 Å². The molecule has 2 bridgehead atoms. The highest BCUT2D eigenvalue weighted by atomic mass is 16.5. The van der Waals surface area contributed by atoms with Gasteiger partial charge in [0.25, 0.3) is 0 Å². The molecule has 1 saturated heterocycles. The van der Waals surface area contributed by atoms with Gasteiger partial charge in [-0.15, -0.1) is 0 Å². The quantitative estimate of drug-likeness (QED) is 0.588. The van der Waals surface area contributed by atoms with Crippen LogP contribution in [0.2, 0.25) is 0 Å². The van der Waals surface area contributed by atoms with Crippen LogP contribution in [0.5, 0.6) is 5.75 Å². The summed E-state index contributed by atoms with van der Waals surface area (Å²) in [5, 5.41) is 0. The number of hydrogen-bond acceptors (Lipinski definition) is 3. The van der Waals surface area contributed by atoms with Crippen LogP contribution in [0, 0.1) is 11.8 Å². The molecule has 2 atom stereocenters. The third-order valence-electron chi connectivity index (χ3n) is 7.97. The first-order valence-electron chi connectivity index (χ1n) is 10.7. The molecule has 31 heavy (non-hydrogen) atoms. The number of imide groups is 1. The number of nitrogens with zero attached hydrogens (tertiary/aromatic N) is 1. The van der Waals surface area contributed by atoms with Crippen LogP contribution in [0.4, 0.5) is 5.69 Å². The summed E-state index contributed by atoms with van der Waals surface area (Å²) in [6.07, 6.45) is 0. The summed E-state index contributed by atoms with van der Waals surface area (Å²) >= 11 is 0. The van der Waals surface area contributed by atoms with Gasteiger partial charge < -0.3 is 4.74 Å². The molecule has 3 aliphatic carbocycles. The molecule has 0 radical (unpaired) electrons. The van der Waals surface area contributed by atoms with Gasteiger partial charge in [0.1, 0.15) is 5.75 Å². The van der Waals surface area contributed by atoms with Gasteiger partial charge in [-0.1, -0.05) is 62.4 Å². The minimum Gasteiger partial charge on any atom is -0.497 e. The Bertz CT molecular complexity index is 1140. The largest absolute Gasteiger partial charge is 0.497 e. The van der Waals surface area contributed by atoms with Crippen molar-refractivity contribution in [3.05, 3.63) is 95.1 Å². The van der Waals surface area contributed by atoms with Gasteiger partial charge in [0.2, 0.25) is 11.8 Å². The van der Waals surface area contributed by atoms with E-state index in [-0.39, 0.29) is 11.8 Å². The maximum Gasteiger partial charge on any atom is 0.238 e. The molecule has 3 aromatic rings. The van der Waals surface area contributed by atoms with E-state index in [1.165, 1.54) is 4.90 Å². The van der Waals surface area contributed by atoms with E-state index in [0.29, 0.717) is 11.4 Å². The van der Waals surface area contributed by atoms with Gasteiger partial charge in [0, 0.05) is 10.8 Å². The third kappa shape index (κ3) is 1.96. The molecular weight excluding hydrogens is 386 g/mol. The molecule has 4 aliphatic rings. The average molecular weight is 409 g/mol. The number of hydrogen-bond donors (Lipinski definition) is 0. The molecule has 1 aliphatic heterocycles. The van der Waals surface area contributed by atoms with E-state index in [4.69, 9.17) is 4.74 Å². The van der Waals surface area contributed by atoms with E-state index in [1.807, 2.05) is 24.3 Å². The molecule has 2 unspecified atom stereocenters. The van der Waals surface area contributed by atoms with Crippen LogP contribution < -0.4 is 9.64 Å². The maximum absolute atomic E-state index is 13.9. The molecule has 154 valence electrons. The Balaban J connectivity index is 1.62. The second kappa shape index (κ2) is 5.85. The Hall–Kier alpha value is -3.40. The fourth-order valence-electron chi connectivity index (χ4n) is 6.56. The lowest BCUT2D eigenvalue weighted by Gasteiger charge is -2.57. The van der Waals surface area contributed by atoms with E-state index in [1.54, 1.807) is 31.4 Å². The number of rotatable bonds is 2. The van der Waals surface area contributed by atoms with Gasteiger partial charge in [-0.05, 0) is 46.5 Å². The average Bonchev–Trinajstić information content (AvgIpc) is 3.08. The molecule has 7 rings (SSSR count). The first-order chi connectivity index (χ1) is 14.9. The molecule has 0 saturated carbocycles. The fourth-order valence-corrected chi connectivity index (χ4v) is 6.56. The first-order valence-corrected chi connectivity index (χ1v) is 10.7. The SMILES string of the molecule is COc1ccc(N2C(=O)C3C(C2=O)C2(C)c4ccccc4C3(C)c3ccccc32)cc1.